The molecule has 5 N–H and O–H groups in total. The van der Waals surface area contributed by atoms with Gasteiger partial charge in [-0.3, -0.25) is 9.59 Å². The number of unbranched alkanes of at least 4 members (excludes halogenated alkanes) is 1. The summed E-state index contributed by atoms with van der Waals surface area (Å²) in [6, 6.07) is 0.389. The molecule has 4 amide bonds. The number of nitrogens with one attached hydrogen (secondary N) is 4. The van der Waals surface area contributed by atoms with Crippen molar-refractivity contribution in [3.05, 3.63) is 35.5 Å². The summed E-state index contributed by atoms with van der Waals surface area (Å²) in [5, 5.41) is 22.5. The molecule has 0 bridgehead atoms. The van der Waals surface area contributed by atoms with Gasteiger partial charge in [0.2, 0.25) is 11.8 Å². The molecule has 2 heterocycles. The molecule has 2 saturated heterocycles. The van der Waals surface area contributed by atoms with E-state index in [2.05, 4.69) is 53.8 Å². The fourth-order valence-electron chi connectivity index (χ4n) is 12.7. The normalized spacial score (nSPS) is 23.9. The monoisotopic (exact) mass is 1280 g/mol. The number of allylic oxidation sites excluding steroid dienone is 4. The molecule has 0 aromatic rings. The molecule has 0 spiro atoms. The van der Waals surface area contributed by atoms with Crippen molar-refractivity contribution in [1.29, 1.82) is 0 Å². The fraction of sp³-hybridized carbons (Fsp3) is 0.866. The lowest BCUT2D eigenvalue weighted by Gasteiger charge is -2.44. The van der Waals surface area contributed by atoms with E-state index in [4.69, 9.17) is 61.6 Å². The van der Waals surface area contributed by atoms with Gasteiger partial charge in [-0.25, -0.2) is 4.79 Å². The lowest BCUT2D eigenvalue weighted by molar-refractivity contribution is -0.122. The highest BCUT2D eigenvalue weighted by Gasteiger charge is 2.50. The van der Waals surface area contributed by atoms with E-state index < -0.39 is 5.60 Å². The van der Waals surface area contributed by atoms with E-state index in [1.165, 1.54) is 49.7 Å². The van der Waals surface area contributed by atoms with Gasteiger partial charge in [0.05, 0.1) is 182 Å². The first-order valence-corrected chi connectivity index (χ1v) is 34.9. The van der Waals surface area contributed by atoms with Crippen molar-refractivity contribution in [2.75, 3.05) is 184 Å². The highest BCUT2D eigenvalue weighted by atomic mass is 32.2. The van der Waals surface area contributed by atoms with Gasteiger partial charge in [-0.1, -0.05) is 63.0 Å². The van der Waals surface area contributed by atoms with E-state index in [-0.39, 0.29) is 36.0 Å². The first-order valence-electron chi connectivity index (χ1n) is 33.9. The number of fused-ring (bicyclic) bond motifs is 2. The van der Waals surface area contributed by atoms with Crippen LogP contribution in [0.2, 0.25) is 0 Å². The van der Waals surface area contributed by atoms with Crippen molar-refractivity contribution < 1.29 is 81.1 Å². The van der Waals surface area contributed by atoms with E-state index in [9.17, 15) is 19.5 Å². The molecule has 0 unspecified atom stereocenters. The van der Waals surface area contributed by atoms with Gasteiger partial charge in [0.1, 0.15) is 0 Å². The van der Waals surface area contributed by atoms with Crippen molar-refractivity contribution in [3.63, 3.8) is 0 Å². The van der Waals surface area contributed by atoms with Crippen LogP contribution in [0.25, 0.3) is 0 Å². The predicted octanol–water partition coefficient (Wildman–Crippen LogP) is 7.70. The third kappa shape index (κ3) is 33.8. The topological polar surface area (TPSA) is 240 Å². The van der Waals surface area contributed by atoms with E-state index >= 15 is 0 Å². The first-order chi connectivity index (χ1) is 43.3. The van der Waals surface area contributed by atoms with Gasteiger partial charge in [-0.2, -0.15) is 11.8 Å². The molecule has 5 rings (SSSR count). The van der Waals surface area contributed by atoms with Crippen LogP contribution in [0.15, 0.2) is 35.5 Å². The van der Waals surface area contributed by atoms with Gasteiger partial charge in [0.15, 0.2) is 0 Å². The number of urea groups is 1. The van der Waals surface area contributed by atoms with Gasteiger partial charge >= 0.3 is 6.03 Å². The van der Waals surface area contributed by atoms with Crippen LogP contribution in [0.5, 0.6) is 0 Å². The zero-order valence-corrected chi connectivity index (χ0v) is 55.9. The number of carbonyl (C=O) groups is 3. The molecule has 514 valence electrons. The van der Waals surface area contributed by atoms with E-state index in [1.807, 2.05) is 25.6 Å². The third-order valence-electron chi connectivity index (χ3n) is 17.6. The minimum Gasteiger partial charge on any atom is -0.390 e. The molecule has 0 aromatic carbocycles. The molecule has 3 aliphatic carbocycles. The van der Waals surface area contributed by atoms with Crippen LogP contribution in [0.4, 0.5) is 4.79 Å². The van der Waals surface area contributed by atoms with Crippen molar-refractivity contribution in [2.45, 2.75) is 166 Å². The maximum Gasteiger partial charge on any atom is 0.315 e. The Hall–Kier alpha value is -2.78. The largest absolute Gasteiger partial charge is 0.390 e. The summed E-state index contributed by atoms with van der Waals surface area (Å²) in [6.45, 7) is 26.0. The summed E-state index contributed by atoms with van der Waals surface area (Å²) in [7, 11) is 0. The molecule has 3 saturated carbocycles. The molecule has 22 heteroatoms. The summed E-state index contributed by atoms with van der Waals surface area (Å²) in [4.78, 5) is 36.0. The van der Waals surface area contributed by atoms with Gasteiger partial charge < -0.3 is 88.0 Å². The molecule has 5 fully saturated rings. The number of rotatable bonds is 55. The maximum atomic E-state index is 12.4. The van der Waals surface area contributed by atoms with Gasteiger partial charge in [-0.05, 0) is 120 Å². The number of thioether (sulfide) groups is 1. The average Bonchev–Trinajstić information content (AvgIpc) is 1.67. The number of hydrogen-bond donors (Lipinski definition) is 5. The molecule has 8 atom stereocenters. The van der Waals surface area contributed by atoms with E-state index in [0.29, 0.717) is 214 Å². The van der Waals surface area contributed by atoms with Gasteiger partial charge in [0, 0.05) is 43.5 Å². The SMILES string of the molecule is C=C1CC[C@H](OCCCNC(=O)CCOCCOCCOCCOCCOCCOCCOCCOCCOCCOCCOCCOCCNC(=O)CCCC[C@@H]2SC[C@@H]3NC(=O)N[C@@H]32)C/C1=C/C=C1\CCC[C@]2(C)[C@@H]([C@H](C)CCCC(C)(C)O)CC[C@@H]12. The quantitative estimate of drug-likeness (QED) is 0.0290. The Morgan fingerprint density at radius 2 is 1.16 bits per heavy atom. The summed E-state index contributed by atoms with van der Waals surface area (Å²) < 4.78 is 72.9. The Morgan fingerprint density at radius 3 is 1.71 bits per heavy atom. The second-order valence-corrected chi connectivity index (χ2v) is 26.3. The highest BCUT2D eigenvalue weighted by Crippen LogP contribution is 2.60. The Labute approximate surface area is 538 Å². The van der Waals surface area contributed by atoms with Crippen LogP contribution in [0.1, 0.15) is 137 Å². The molecule has 89 heavy (non-hydrogen) atoms. The molecule has 0 aromatic heterocycles. The molecular weight excluding hydrogens is 1160 g/mol. The van der Waals surface area contributed by atoms with Gasteiger partial charge in [0.25, 0.3) is 0 Å². The third-order valence-corrected chi connectivity index (χ3v) is 19.1. The maximum absolute atomic E-state index is 12.4. The van der Waals surface area contributed by atoms with Crippen molar-refractivity contribution in [2.24, 2.45) is 23.2 Å². The van der Waals surface area contributed by atoms with Crippen LogP contribution in [-0.4, -0.2) is 236 Å². The predicted molar refractivity (Wildman–Crippen MR) is 345 cm³/mol. The Morgan fingerprint density at radius 1 is 0.640 bits per heavy atom. The van der Waals surface area contributed by atoms with Crippen molar-refractivity contribution >= 4 is 29.6 Å². The van der Waals surface area contributed by atoms with Crippen molar-refractivity contribution in [1.82, 2.24) is 21.3 Å². The molecule has 5 aliphatic rings. The van der Waals surface area contributed by atoms with Crippen LogP contribution in [-0.2, 0) is 71.2 Å². The smallest absolute Gasteiger partial charge is 0.315 e. The Kier molecular flexibility index (Phi) is 40.8. The number of carbonyl (C=O) groups excluding carboxylic acids is 3. The fourth-order valence-corrected chi connectivity index (χ4v) is 14.3. The Bertz CT molecular complexity index is 1980. The molecule has 0 radical (unpaired) electrons. The van der Waals surface area contributed by atoms with E-state index in [1.54, 1.807) is 5.57 Å². The van der Waals surface area contributed by atoms with Crippen LogP contribution in [0.3, 0.4) is 0 Å². The number of ether oxygens (including phenoxy) is 13. The lowest BCUT2D eigenvalue weighted by atomic mass is 9.60. The first kappa shape index (κ1) is 76.9. The molecule has 21 nitrogen and oxygen atoms in total. The van der Waals surface area contributed by atoms with Crippen molar-refractivity contribution in [3.8, 4) is 0 Å². The van der Waals surface area contributed by atoms with Crippen LogP contribution in [0, 0.1) is 23.2 Å². The second kappa shape index (κ2) is 47.2. The van der Waals surface area contributed by atoms with Gasteiger partial charge in [-0.15, -0.1) is 0 Å². The number of amides is 4. The van der Waals surface area contributed by atoms with E-state index in [0.717, 1.165) is 69.5 Å². The summed E-state index contributed by atoms with van der Waals surface area (Å²) in [5.41, 5.74) is 4.00. The number of aliphatic hydroxyl groups is 1. The minimum absolute atomic E-state index is 0.0222. The zero-order chi connectivity index (χ0) is 63.5. The van der Waals surface area contributed by atoms with Crippen LogP contribution >= 0.6 is 11.8 Å². The average molecular weight is 1280 g/mol. The molecular formula is C67H118N4O17S. The number of hydrogen-bond acceptors (Lipinski definition) is 18. The summed E-state index contributed by atoms with van der Waals surface area (Å²) in [5.74, 6) is 3.08. The summed E-state index contributed by atoms with van der Waals surface area (Å²) in [6.07, 6.45) is 21.8. The highest BCUT2D eigenvalue weighted by molar-refractivity contribution is 8.00. The minimum atomic E-state index is -0.576. The standard InChI is InChI=1S/C67H118N4O17S/c1-53-15-18-57(51-56(53)17-16-55-12-9-23-67(5)58(19-20-59(55)67)54(2)11-8-22-66(3,4)75)88-26-10-24-68-63(73)21-27-76-29-31-78-33-35-80-37-39-82-41-43-84-45-47-86-49-50-87-48-46-85-44-42-83-40-38-81-36-34-79-32-30-77-28-25-69-62(72)14-7-6-13-61-64-60(52-89-61)70-65(74)71-64/h16-17,54,57-61,64,75H,1,6-15,18-52H2,2-5H3,(H,68,73)(H,69,72)(H2,70,71,74)/b55-16+,56-17-/t54-,57+,58-,59+,60+,61+,64+,67-/m1/s1. The second-order valence-electron chi connectivity index (χ2n) is 25.1. The Balaban J connectivity index is 0.668. The summed E-state index contributed by atoms with van der Waals surface area (Å²) >= 11 is 1.90. The lowest BCUT2D eigenvalue weighted by Crippen LogP contribution is -2.36. The zero-order valence-electron chi connectivity index (χ0n) is 55.1. The molecule has 2 aliphatic heterocycles. The van der Waals surface area contributed by atoms with Crippen LogP contribution < -0.4 is 21.3 Å².